The zero-order valence-corrected chi connectivity index (χ0v) is 12.6. The lowest BCUT2D eigenvalue weighted by Gasteiger charge is -2.28. The lowest BCUT2D eigenvalue weighted by atomic mass is 9.77. The Hall–Kier alpha value is -1.02. The highest BCUT2D eigenvalue weighted by molar-refractivity contribution is 5.56. The van der Waals surface area contributed by atoms with E-state index in [-0.39, 0.29) is 17.4 Å². The van der Waals surface area contributed by atoms with Gasteiger partial charge in [0.25, 0.3) is 0 Å². The first-order valence-corrected chi connectivity index (χ1v) is 6.61. The molecule has 1 aromatic carbocycles. The molecule has 0 aliphatic rings. The molecular formula is C16H27NO. The molecule has 1 aromatic rings. The van der Waals surface area contributed by atoms with Crippen molar-refractivity contribution in [1.82, 2.24) is 0 Å². The number of rotatable bonds is 2. The van der Waals surface area contributed by atoms with Gasteiger partial charge in [0.15, 0.2) is 0 Å². The minimum Gasteiger partial charge on any atom is -0.398 e. The molecule has 0 fully saturated rings. The third-order valence-electron chi connectivity index (χ3n) is 3.32. The molecule has 0 spiro atoms. The van der Waals surface area contributed by atoms with Crippen molar-refractivity contribution in [3.63, 3.8) is 0 Å². The maximum atomic E-state index is 9.21. The number of hydrogen-bond acceptors (Lipinski definition) is 2. The van der Waals surface area contributed by atoms with Gasteiger partial charge in [-0.25, -0.2) is 0 Å². The normalized spacial score (nSPS) is 12.8. The molecule has 0 saturated carbocycles. The predicted octanol–water partition coefficient (Wildman–Crippen LogP) is 3.40. The van der Waals surface area contributed by atoms with Crippen molar-refractivity contribution in [3.8, 4) is 0 Å². The van der Waals surface area contributed by atoms with Crippen LogP contribution in [0.1, 0.15) is 58.2 Å². The van der Waals surface area contributed by atoms with E-state index in [0.717, 1.165) is 11.3 Å². The number of aliphatic hydroxyl groups is 1. The van der Waals surface area contributed by atoms with Gasteiger partial charge in [0.2, 0.25) is 0 Å². The van der Waals surface area contributed by atoms with Crippen LogP contribution in [0.3, 0.4) is 0 Å². The number of benzene rings is 1. The van der Waals surface area contributed by atoms with Crippen LogP contribution >= 0.6 is 0 Å². The summed E-state index contributed by atoms with van der Waals surface area (Å²) >= 11 is 0. The minimum absolute atomic E-state index is 0.0416. The predicted molar refractivity (Wildman–Crippen MR) is 79.0 cm³/mol. The van der Waals surface area contributed by atoms with Crippen LogP contribution in [0.4, 0.5) is 5.69 Å². The van der Waals surface area contributed by atoms with Gasteiger partial charge in [-0.1, -0.05) is 47.6 Å². The van der Waals surface area contributed by atoms with E-state index < -0.39 is 0 Å². The van der Waals surface area contributed by atoms with Gasteiger partial charge in [0.05, 0.1) is 0 Å². The van der Waals surface area contributed by atoms with Crippen LogP contribution in [0.15, 0.2) is 12.1 Å². The molecule has 3 N–H and O–H groups in total. The molecule has 2 heteroatoms. The molecule has 102 valence electrons. The third-order valence-corrected chi connectivity index (χ3v) is 3.32. The van der Waals surface area contributed by atoms with Crippen molar-refractivity contribution in [2.45, 2.75) is 58.8 Å². The van der Waals surface area contributed by atoms with Crippen molar-refractivity contribution >= 4 is 5.69 Å². The maximum absolute atomic E-state index is 9.21. The average Bonchev–Trinajstić information content (AvgIpc) is 2.17. The van der Waals surface area contributed by atoms with E-state index in [4.69, 9.17) is 5.73 Å². The molecule has 0 radical (unpaired) electrons. The van der Waals surface area contributed by atoms with Gasteiger partial charge in [-0.15, -0.1) is 0 Å². The molecule has 0 aliphatic heterocycles. The third kappa shape index (κ3) is 3.26. The monoisotopic (exact) mass is 249 g/mol. The van der Waals surface area contributed by atoms with Crippen LogP contribution in [0.2, 0.25) is 0 Å². The van der Waals surface area contributed by atoms with Crippen LogP contribution in [-0.4, -0.2) is 11.7 Å². The second kappa shape index (κ2) is 4.93. The Labute approximate surface area is 111 Å². The van der Waals surface area contributed by atoms with Crippen molar-refractivity contribution in [2.75, 3.05) is 12.3 Å². The van der Waals surface area contributed by atoms with Crippen molar-refractivity contribution in [1.29, 1.82) is 0 Å². The van der Waals surface area contributed by atoms with Crippen LogP contribution in [0, 0.1) is 0 Å². The fraction of sp³-hybridized carbons (Fsp3) is 0.625. The Morgan fingerprint density at radius 2 is 1.56 bits per heavy atom. The van der Waals surface area contributed by atoms with E-state index in [2.05, 4.69) is 53.7 Å². The van der Waals surface area contributed by atoms with Crippen LogP contribution in [-0.2, 0) is 17.3 Å². The topological polar surface area (TPSA) is 46.2 Å². The molecule has 0 aliphatic carbocycles. The zero-order valence-electron chi connectivity index (χ0n) is 12.6. The summed E-state index contributed by atoms with van der Waals surface area (Å²) in [5.41, 5.74) is 10.7. The maximum Gasteiger partial charge on any atom is 0.0472 e. The molecule has 0 unspecified atom stereocenters. The van der Waals surface area contributed by atoms with Gasteiger partial charge >= 0.3 is 0 Å². The summed E-state index contributed by atoms with van der Waals surface area (Å²) in [5, 5.41) is 9.21. The Balaban J connectivity index is 3.47. The molecule has 0 amide bonds. The Morgan fingerprint density at radius 3 is 1.94 bits per heavy atom. The van der Waals surface area contributed by atoms with Crippen molar-refractivity contribution < 1.29 is 5.11 Å². The van der Waals surface area contributed by atoms with Crippen molar-refractivity contribution in [2.24, 2.45) is 0 Å². The Morgan fingerprint density at radius 1 is 1.00 bits per heavy atom. The largest absolute Gasteiger partial charge is 0.398 e. The number of hydrogen-bond donors (Lipinski definition) is 2. The SMILES string of the molecule is CC(C)(C)c1cc(N)c(CCO)c(C(C)(C)C)c1. The molecule has 0 atom stereocenters. The zero-order chi connectivity index (χ0) is 14.1. The highest BCUT2D eigenvalue weighted by Gasteiger charge is 2.23. The van der Waals surface area contributed by atoms with Crippen LogP contribution < -0.4 is 5.73 Å². The van der Waals surface area contributed by atoms with Crippen LogP contribution in [0.25, 0.3) is 0 Å². The molecular weight excluding hydrogens is 222 g/mol. The average molecular weight is 249 g/mol. The van der Waals surface area contributed by atoms with Crippen LogP contribution in [0.5, 0.6) is 0 Å². The lowest BCUT2D eigenvalue weighted by Crippen LogP contribution is -2.20. The quantitative estimate of drug-likeness (QED) is 0.789. The Bertz CT molecular complexity index is 422. The van der Waals surface area contributed by atoms with E-state index in [1.165, 1.54) is 11.1 Å². The molecule has 1 rings (SSSR count). The van der Waals surface area contributed by atoms with Crippen molar-refractivity contribution in [3.05, 3.63) is 28.8 Å². The molecule has 0 aromatic heterocycles. The summed E-state index contributed by atoms with van der Waals surface area (Å²) in [5.74, 6) is 0. The lowest BCUT2D eigenvalue weighted by molar-refractivity contribution is 0.299. The number of nitrogens with two attached hydrogens (primary N) is 1. The first-order valence-electron chi connectivity index (χ1n) is 6.61. The van der Waals surface area contributed by atoms with Gasteiger partial charge < -0.3 is 10.8 Å². The molecule has 0 saturated heterocycles. The molecule has 0 bridgehead atoms. The fourth-order valence-corrected chi connectivity index (χ4v) is 2.19. The number of nitrogen functional groups attached to an aromatic ring is 1. The van der Waals surface area contributed by atoms with E-state index in [1.54, 1.807) is 0 Å². The summed E-state index contributed by atoms with van der Waals surface area (Å²) in [6.45, 7) is 13.3. The molecule has 0 heterocycles. The highest BCUT2D eigenvalue weighted by Crippen LogP contribution is 2.35. The van der Waals surface area contributed by atoms with Gasteiger partial charge in [-0.3, -0.25) is 0 Å². The molecule has 2 nitrogen and oxygen atoms in total. The number of anilines is 1. The second-order valence-electron chi connectivity index (χ2n) is 7.07. The van der Waals surface area contributed by atoms with E-state index in [1.807, 2.05) is 0 Å². The minimum atomic E-state index is 0.0416. The first kappa shape index (κ1) is 15.0. The fourth-order valence-electron chi connectivity index (χ4n) is 2.19. The summed E-state index contributed by atoms with van der Waals surface area (Å²) < 4.78 is 0. The van der Waals surface area contributed by atoms with Gasteiger partial charge in [0.1, 0.15) is 0 Å². The second-order valence-corrected chi connectivity index (χ2v) is 7.07. The van der Waals surface area contributed by atoms with Gasteiger partial charge in [0, 0.05) is 12.3 Å². The Kier molecular flexibility index (Phi) is 4.12. The smallest absolute Gasteiger partial charge is 0.0472 e. The van der Waals surface area contributed by atoms with Gasteiger partial charge in [-0.05, 0) is 40.0 Å². The summed E-state index contributed by atoms with van der Waals surface area (Å²) in [6.07, 6.45) is 0.628. The highest BCUT2D eigenvalue weighted by atomic mass is 16.2. The molecule has 18 heavy (non-hydrogen) atoms. The summed E-state index contributed by atoms with van der Waals surface area (Å²) in [4.78, 5) is 0. The standard InChI is InChI=1S/C16H27NO/c1-15(2,3)11-9-13(16(4,5)6)12(7-8-18)14(17)10-11/h9-10,18H,7-8,17H2,1-6H3. The van der Waals surface area contributed by atoms with E-state index >= 15 is 0 Å². The van der Waals surface area contributed by atoms with E-state index in [9.17, 15) is 5.11 Å². The van der Waals surface area contributed by atoms with E-state index in [0.29, 0.717) is 6.42 Å². The first-order chi connectivity index (χ1) is 8.07. The summed E-state index contributed by atoms with van der Waals surface area (Å²) in [6, 6.07) is 4.31. The number of aliphatic hydroxyl groups excluding tert-OH is 1. The summed E-state index contributed by atoms with van der Waals surface area (Å²) in [7, 11) is 0. The van der Waals surface area contributed by atoms with Gasteiger partial charge in [-0.2, -0.15) is 0 Å².